The Morgan fingerprint density at radius 1 is 0.950 bits per heavy atom. The molecule has 2 aliphatic carbocycles. The van der Waals surface area contributed by atoms with E-state index in [1.807, 2.05) is 94.5 Å². The summed E-state index contributed by atoms with van der Waals surface area (Å²) in [6.45, 7) is 10.4. The highest BCUT2D eigenvalue weighted by atomic mass is 32.2. The van der Waals surface area contributed by atoms with Gasteiger partial charge in [0.1, 0.15) is 28.9 Å². The Balaban J connectivity index is 1.43. The summed E-state index contributed by atoms with van der Waals surface area (Å²) in [5.74, 6) is 0.238. The fourth-order valence-electron chi connectivity index (χ4n) is 9.43. The molecule has 1 fully saturated rings. The molecule has 60 heavy (non-hydrogen) atoms. The third kappa shape index (κ3) is 9.17. The maximum Gasteiger partial charge on any atom is 0.254 e. The molecule has 3 aliphatic rings. The molecule has 0 unspecified atom stereocenters. The molecular weight excluding hydrogens is 773 g/mol. The van der Waals surface area contributed by atoms with Gasteiger partial charge < -0.3 is 34.2 Å². The van der Waals surface area contributed by atoms with Crippen LogP contribution < -0.4 is 9.47 Å². The Kier molecular flexibility index (Phi) is 13.8. The number of benzene rings is 4. The van der Waals surface area contributed by atoms with Gasteiger partial charge in [-0.1, -0.05) is 60.5 Å². The maximum absolute atomic E-state index is 14.8. The third-order valence-electron chi connectivity index (χ3n) is 12.2. The van der Waals surface area contributed by atoms with E-state index in [1.165, 1.54) is 0 Å². The van der Waals surface area contributed by atoms with Crippen LogP contribution in [-0.4, -0.2) is 77.3 Å². The molecule has 0 spiro atoms. The zero-order valence-corrected chi connectivity index (χ0v) is 36.5. The van der Waals surface area contributed by atoms with Crippen LogP contribution in [0.15, 0.2) is 119 Å². The van der Waals surface area contributed by atoms with Gasteiger partial charge in [-0.15, -0.1) is 18.3 Å². The SMILES string of the molecule is C=CCO[C@@]12Oc3ccc(Oc4ccc(SC)cc4)cc3[C@H]3[C@H](CCCCO)[C@@H](CCCCO)C=C(C(=NOC(C)(C)C)C[C@@H]1N(C)C(=O)c1ccc4ccccc4c1)[C@H]32. The number of carbonyl (C=O) groups is 1. The van der Waals surface area contributed by atoms with Crippen LogP contribution in [0.3, 0.4) is 0 Å². The smallest absolute Gasteiger partial charge is 0.254 e. The maximum atomic E-state index is 14.8. The predicted octanol–water partition coefficient (Wildman–Crippen LogP) is 10.6. The van der Waals surface area contributed by atoms with Gasteiger partial charge in [0.25, 0.3) is 5.91 Å². The molecule has 10 heteroatoms. The van der Waals surface area contributed by atoms with Crippen molar-refractivity contribution in [1.82, 2.24) is 4.90 Å². The number of amides is 1. The van der Waals surface area contributed by atoms with Crippen molar-refractivity contribution in [1.29, 1.82) is 0 Å². The van der Waals surface area contributed by atoms with Crippen LogP contribution >= 0.6 is 11.8 Å². The van der Waals surface area contributed by atoms with E-state index >= 15 is 0 Å². The van der Waals surface area contributed by atoms with Crippen LogP contribution in [0.4, 0.5) is 0 Å². The van der Waals surface area contributed by atoms with Crippen molar-refractivity contribution in [2.45, 2.75) is 94.0 Å². The summed E-state index contributed by atoms with van der Waals surface area (Å²) in [6, 6.07) is 27.3. The van der Waals surface area contributed by atoms with E-state index in [-0.39, 0.29) is 43.5 Å². The summed E-state index contributed by atoms with van der Waals surface area (Å²) in [6.07, 6.45) is 11.2. The van der Waals surface area contributed by atoms with Crippen molar-refractivity contribution in [2.24, 2.45) is 22.9 Å². The average Bonchev–Trinajstić information content (AvgIpc) is 3.25. The molecule has 1 aliphatic heterocycles. The number of ether oxygens (including phenoxy) is 3. The Morgan fingerprint density at radius 3 is 2.37 bits per heavy atom. The van der Waals surface area contributed by atoms with E-state index in [0.29, 0.717) is 36.3 Å². The number of fused-ring (bicyclic) bond motifs is 3. The molecule has 7 rings (SSSR count). The summed E-state index contributed by atoms with van der Waals surface area (Å²) < 4.78 is 21.0. The normalized spacial score (nSPS) is 23.9. The van der Waals surface area contributed by atoms with E-state index in [2.05, 4.69) is 37.1 Å². The highest BCUT2D eigenvalue weighted by Gasteiger charge is 2.65. The van der Waals surface area contributed by atoms with Crippen LogP contribution in [0.5, 0.6) is 17.2 Å². The first kappa shape index (κ1) is 43.5. The molecule has 1 heterocycles. The molecule has 4 aromatic rings. The quantitative estimate of drug-likeness (QED) is 0.0468. The fraction of sp³-hybridized carbons (Fsp3) is 0.440. The summed E-state index contributed by atoms with van der Waals surface area (Å²) in [7, 11) is 1.84. The largest absolute Gasteiger partial charge is 0.459 e. The van der Waals surface area contributed by atoms with E-state index in [9.17, 15) is 15.0 Å². The van der Waals surface area contributed by atoms with E-state index in [4.69, 9.17) is 24.2 Å². The van der Waals surface area contributed by atoms with Crippen LogP contribution in [-0.2, 0) is 9.57 Å². The third-order valence-corrected chi connectivity index (χ3v) is 12.9. The number of thioether (sulfide) groups is 1. The molecule has 0 bridgehead atoms. The zero-order valence-electron chi connectivity index (χ0n) is 35.6. The number of allylic oxidation sites excluding steroid dienone is 1. The second-order valence-electron chi connectivity index (χ2n) is 17.2. The molecule has 1 saturated carbocycles. The minimum atomic E-state index is -1.35. The molecule has 0 aromatic heterocycles. The lowest BCUT2D eigenvalue weighted by Crippen LogP contribution is -2.69. The summed E-state index contributed by atoms with van der Waals surface area (Å²) in [5.41, 5.74) is 2.75. The van der Waals surface area contributed by atoms with Gasteiger partial charge in [0.2, 0.25) is 5.79 Å². The average molecular weight is 833 g/mol. The minimum Gasteiger partial charge on any atom is -0.459 e. The van der Waals surface area contributed by atoms with Crippen molar-refractivity contribution in [2.75, 3.05) is 33.1 Å². The van der Waals surface area contributed by atoms with Gasteiger partial charge in [-0.3, -0.25) is 4.79 Å². The number of hydrogen-bond acceptors (Lipinski definition) is 9. The molecular formula is C50H60N2O7S. The summed E-state index contributed by atoms with van der Waals surface area (Å²) in [4.78, 5) is 24.0. The lowest BCUT2D eigenvalue weighted by atomic mass is 9.55. The Morgan fingerprint density at radius 2 is 1.67 bits per heavy atom. The van der Waals surface area contributed by atoms with Crippen LogP contribution in [0.1, 0.15) is 87.6 Å². The highest BCUT2D eigenvalue weighted by Crippen LogP contribution is 2.62. The number of carbonyl (C=O) groups excluding carboxylic acids is 1. The van der Waals surface area contributed by atoms with Crippen molar-refractivity contribution < 1.29 is 34.1 Å². The molecule has 6 atom stereocenters. The first-order valence-corrected chi connectivity index (χ1v) is 22.6. The van der Waals surface area contributed by atoms with E-state index in [0.717, 1.165) is 63.9 Å². The zero-order chi connectivity index (χ0) is 42.4. The number of nitrogens with zero attached hydrogens (tertiary/aromatic N) is 2. The highest BCUT2D eigenvalue weighted by molar-refractivity contribution is 7.98. The van der Waals surface area contributed by atoms with E-state index < -0.39 is 23.3 Å². The first-order valence-electron chi connectivity index (χ1n) is 21.3. The van der Waals surface area contributed by atoms with Gasteiger partial charge in [-0.2, -0.15) is 0 Å². The molecule has 1 amide bonds. The lowest BCUT2D eigenvalue weighted by Gasteiger charge is -2.59. The molecule has 4 aromatic carbocycles. The number of unbranched alkanes of at least 4 members (excludes halogenated alkanes) is 2. The van der Waals surface area contributed by atoms with Gasteiger partial charge in [-0.05, 0) is 135 Å². The second-order valence-corrected chi connectivity index (χ2v) is 18.1. The van der Waals surface area contributed by atoms with Crippen LogP contribution in [0.25, 0.3) is 10.8 Å². The standard InChI is InChI=1S/C50H60N2O7S/c1-7-28-56-50-45(52(5)48(55)36-19-18-33-14-8-9-15-34(33)29-36)32-43(51-59-49(2,3)4)41-30-35(16-10-12-26-53)40(17-11-13-27-54)46(47(41)50)42-31-38(22-25-44(42)58-50)57-37-20-23-39(60-6)24-21-37/h7-9,14-15,18-25,29-31,35,40,45-47,53-54H,1,10-13,16-17,26-28,32H2,2-6H3/t35-,40+,45-,46+,47+,50+/m0/s1. The number of rotatable bonds is 17. The molecule has 9 nitrogen and oxygen atoms in total. The Bertz CT molecular complexity index is 2200. The molecule has 2 N–H and O–H groups in total. The number of hydrogen-bond donors (Lipinski definition) is 2. The molecule has 0 radical (unpaired) electrons. The Labute approximate surface area is 359 Å². The fourth-order valence-corrected chi connectivity index (χ4v) is 9.84. The van der Waals surface area contributed by atoms with Gasteiger partial charge in [-0.25, -0.2) is 0 Å². The lowest BCUT2D eigenvalue weighted by molar-refractivity contribution is -0.252. The van der Waals surface area contributed by atoms with E-state index in [1.54, 1.807) is 22.7 Å². The number of likely N-dealkylation sites (N-methyl/N-ethyl adjacent to an activating group) is 1. The minimum absolute atomic E-state index is 0.0968. The molecule has 318 valence electrons. The van der Waals surface area contributed by atoms with Gasteiger partial charge in [0.05, 0.1) is 18.2 Å². The van der Waals surface area contributed by atoms with Crippen molar-refractivity contribution >= 4 is 34.2 Å². The monoisotopic (exact) mass is 832 g/mol. The van der Waals surface area contributed by atoms with Gasteiger partial charge >= 0.3 is 0 Å². The summed E-state index contributed by atoms with van der Waals surface area (Å²) >= 11 is 1.68. The predicted molar refractivity (Wildman–Crippen MR) is 240 cm³/mol. The summed E-state index contributed by atoms with van der Waals surface area (Å²) in [5, 5.41) is 26.8. The van der Waals surface area contributed by atoms with Crippen molar-refractivity contribution in [3.63, 3.8) is 0 Å². The topological polar surface area (TPSA) is 110 Å². The molecule has 0 saturated heterocycles. The Hall–Kier alpha value is -4.61. The van der Waals surface area contributed by atoms with Crippen molar-refractivity contribution in [3.8, 4) is 17.2 Å². The van der Waals surface area contributed by atoms with Crippen LogP contribution in [0.2, 0.25) is 0 Å². The van der Waals surface area contributed by atoms with Gasteiger partial charge in [0, 0.05) is 48.6 Å². The number of aliphatic hydroxyl groups excluding tert-OH is 2. The second kappa shape index (κ2) is 19.0. The number of oxime groups is 1. The first-order chi connectivity index (χ1) is 29.0. The van der Waals surface area contributed by atoms with Crippen LogP contribution in [0, 0.1) is 17.8 Å². The van der Waals surface area contributed by atoms with Crippen molar-refractivity contribution in [3.05, 3.63) is 120 Å². The number of aliphatic hydroxyl groups is 2. The van der Waals surface area contributed by atoms with Gasteiger partial charge in [0.15, 0.2) is 0 Å².